The lowest BCUT2D eigenvalue weighted by molar-refractivity contribution is 0.745. The summed E-state index contributed by atoms with van der Waals surface area (Å²) in [6.07, 6.45) is 5.77. The van der Waals surface area contributed by atoms with Crippen LogP contribution in [0.15, 0.2) is 55.0 Å². The summed E-state index contributed by atoms with van der Waals surface area (Å²) in [5, 5.41) is 18.8. The highest BCUT2D eigenvalue weighted by molar-refractivity contribution is 5.75. The van der Waals surface area contributed by atoms with E-state index in [1.165, 1.54) is 0 Å². The van der Waals surface area contributed by atoms with Gasteiger partial charge < -0.3 is 8.97 Å². The van der Waals surface area contributed by atoms with Crippen LogP contribution in [0.2, 0.25) is 0 Å². The van der Waals surface area contributed by atoms with Crippen molar-refractivity contribution in [3.63, 3.8) is 0 Å². The highest BCUT2D eigenvalue weighted by atomic mass is 15.0. The van der Waals surface area contributed by atoms with Gasteiger partial charge in [0.05, 0.1) is 17.2 Å². The normalized spacial score (nSPS) is 10.7. The van der Waals surface area contributed by atoms with Crippen LogP contribution in [0.3, 0.4) is 0 Å². The van der Waals surface area contributed by atoms with Gasteiger partial charge in [-0.25, -0.2) is 4.98 Å². The van der Waals surface area contributed by atoms with Gasteiger partial charge in [-0.2, -0.15) is 10.5 Å². The van der Waals surface area contributed by atoms with Gasteiger partial charge in [-0.15, -0.1) is 0 Å². The van der Waals surface area contributed by atoms with E-state index in [0.29, 0.717) is 17.7 Å². The minimum atomic E-state index is 0.611. The quantitative estimate of drug-likeness (QED) is 0.555. The molecule has 0 N–H and O–H groups in total. The maximum atomic E-state index is 9.75. The Labute approximate surface area is 157 Å². The number of rotatable bonds is 3. The number of hydrogen-bond donors (Lipinski definition) is 0. The van der Waals surface area contributed by atoms with Gasteiger partial charge in [0.2, 0.25) is 0 Å². The minimum Gasteiger partial charge on any atom is -0.343 e. The van der Waals surface area contributed by atoms with Crippen molar-refractivity contribution in [3.8, 4) is 23.3 Å². The molecule has 0 radical (unpaired) electrons. The first kappa shape index (κ1) is 16.6. The van der Waals surface area contributed by atoms with Crippen LogP contribution in [-0.4, -0.2) is 14.0 Å². The molecular weight excluding hydrogens is 334 g/mol. The van der Waals surface area contributed by atoms with E-state index in [1.807, 2.05) is 42.6 Å². The van der Waals surface area contributed by atoms with Crippen LogP contribution in [0.25, 0.3) is 16.8 Å². The van der Waals surface area contributed by atoms with E-state index in [2.05, 4.69) is 34.0 Å². The molecule has 3 heterocycles. The summed E-state index contributed by atoms with van der Waals surface area (Å²) in [6, 6.07) is 15.9. The molecule has 0 saturated heterocycles. The Kier molecular flexibility index (Phi) is 3.99. The van der Waals surface area contributed by atoms with E-state index in [1.54, 1.807) is 18.3 Å². The first-order valence-corrected chi connectivity index (χ1v) is 8.64. The van der Waals surface area contributed by atoms with Gasteiger partial charge in [0.25, 0.3) is 0 Å². The maximum absolute atomic E-state index is 9.75. The third-order valence-corrected chi connectivity index (χ3v) is 4.99. The van der Waals surface area contributed by atoms with Crippen molar-refractivity contribution < 1.29 is 0 Å². The molecule has 0 aliphatic rings. The third-order valence-electron chi connectivity index (χ3n) is 4.99. The van der Waals surface area contributed by atoms with Crippen LogP contribution < -0.4 is 0 Å². The predicted molar refractivity (Wildman–Crippen MR) is 103 cm³/mol. The predicted octanol–water partition coefficient (Wildman–Crippen LogP) is 4.21. The molecule has 0 aliphatic carbocycles. The Morgan fingerprint density at radius 3 is 2.44 bits per heavy atom. The molecule has 5 heteroatoms. The van der Waals surface area contributed by atoms with Gasteiger partial charge in [-0.05, 0) is 43.2 Å². The van der Waals surface area contributed by atoms with Crippen molar-refractivity contribution in [3.05, 3.63) is 83.1 Å². The number of aromatic nitrogens is 3. The Balaban J connectivity index is 1.80. The summed E-state index contributed by atoms with van der Waals surface area (Å²) in [4.78, 5) is 4.28. The minimum absolute atomic E-state index is 0.611. The van der Waals surface area contributed by atoms with E-state index in [9.17, 15) is 5.26 Å². The fraction of sp³-hybridized carbons (Fsp3) is 0.136. The fourth-order valence-electron chi connectivity index (χ4n) is 3.56. The number of nitrogens with zero attached hydrogens (tertiary/aromatic N) is 5. The molecule has 1 aromatic carbocycles. The summed E-state index contributed by atoms with van der Waals surface area (Å²) < 4.78 is 4.17. The average molecular weight is 351 g/mol. The Hall–Kier alpha value is -3.83. The van der Waals surface area contributed by atoms with E-state index in [-0.39, 0.29) is 0 Å². The molecule has 3 aromatic heterocycles. The van der Waals surface area contributed by atoms with Crippen LogP contribution in [0.5, 0.6) is 0 Å². The van der Waals surface area contributed by atoms with Gasteiger partial charge in [-0.3, -0.25) is 0 Å². The van der Waals surface area contributed by atoms with E-state index < -0.39 is 0 Å². The molecule has 4 aromatic rings. The number of hydrogen-bond acceptors (Lipinski definition) is 3. The molecule has 0 atom stereocenters. The smallest absolute Gasteiger partial charge is 0.136 e. The molecule has 27 heavy (non-hydrogen) atoms. The van der Waals surface area contributed by atoms with E-state index in [0.717, 1.165) is 33.7 Å². The summed E-state index contributed by atoms with van der Waals surface area (Å²) in [7, 11) is 0. The molecular formula is C22H17N5. The Morgan fingerprint density at radius 2 is 1.74 bits per heavy atom. The zero-order chi connectivity index (χ0) is 19.0. The molecule has 130 valence electrons. The van der Waals surface area contributed by atoms with Crippen molar-refractivity contribution in [1.82, 2.24) is 14.0 Å². The second-order valence-corrected chi connectivity index (χ2v) is 6.54. The summed E-state index contributed by atoms with van der Waals surface area (Å²) in [5.41, 5.74) is 7.21. The Bertz CT molecular complexity index is 1230. The highest BCUT2D eigenvalue weighted by Crippen LogP contribution is 2.32. The van der Waals surface area contributed by atoms with E-state index >= 15 is 0 Å². The average Bonchev–Trinajstić information content (AvgIpc) is 3.25. The van der Waals surface area contributed by atoms with Crippen LogP contribution in [0.1, 0.15) is 28.1 Å². The van der Waals surface area contributed by atoms with Gasteiger partial charge in [-0.1, -0.05) is 18.2 Å². The molecule has 0 aliphatic heterocycles. The van der Waals surface area contributed by atoms with Gasteiger partial charge in [0.1, 0.15) is 11.7 Å². The van der Waals surface area contributed by atoms with Crippen LogP contribution in [0.4, 0.5) is 0 Å². The Morgan fingerprint density at radius 1 is 0.963 bits per heavy atom. The van der Waals surface area contributed by atoms with Crippen LogP contribution in [0, 0.1) is 36.5 Å². The largest absolute Gasteiger partial charge is 0.343 e. The van der Waals surface area contributed by atoms with Crippen molar-refractivity contribution in [2.24, 2.45) is 0 Å². The lowest BCUT2D eigenvalue weighted by atomic mass is 10.0. The number of pyridine rings is 1. The number of imidazole rings is 1. The van der Waals surface area contributed by atoms with Gasteiger partial charge in [0, 0.05) is 42.1 Å². The van der Waals surface area contributed by atoms with Crippen LogP contribution >= 0.6 is 0 Å². The molecule has 5 nitrogen and oxygen atoms in total. The first-order valence-electron chi connectivity index (χ1n) is 8.64. The monoisotopic (exact) mass is 351 g/mol. The summed E-state index contributed by atoms with van der Waals surface area (Å²) >= 11 is 0. The first-order chi connectivity index (χ1) is 13.1. The van der Waals surface area contributed by atoms with E-state index in [4.69, 9.17) is 5.26 Å². The lowest BCUT2D eigenvalue weighted by Gasteiger charge is -2.10. The zero-order valence-electron chi connectivity index (χ0n) is 15.1. The molecule has 0 spiro atoms. The lowest BCUT2D eigenvalue weighted by Crippen LogP contribution is -2.05. The number of nitriles is 2. The van der Waals surface area contributed by atoms with Gasteiger partial charge in [0.15, 0.2) is 0 Å². The molecule has 0 bridgehead atoms. The molecule has 0 fully saturated rings. The molecule has 0 unspecified atom stereocenters. The van der Waals surface area contributed by atoms with Crippen molar-refractivity contribution in [2.75, 3.05) is 0 Å². The van der Waals surface area contributed by atoms with Crippen molar-refractivity contribution in [2.45, 2.75) is 20.4 Å². The maximum Gasteiger partial charge on any atom is 0.136 e. The highest BCUT2D eigenvalue weighted by Gasteiger charge is 2.19. The second-order valence-electron chi connectivity index (χ2n) is 6.54. The number of benzene rings is 1. The third kappa shape index (κ3) is 2.76. The van der Waals surface area contributed by atoms with Crippen molar-refractivity contribution >= 4 is 5.65 Å². The molecule has 4 rings (SSSR count). The fourth-order valence-corrected chi connectivity index (χ4v) is 3.56. The standard InChI is InChI=1S/C22H17N5/c1-15-20(12-24)22(19-6-3-17(11-23)4-7-19)16(2)27(15)14-18-5-8-21-25-9-10-26(21)13-18/h3-10,13H,14H2,1-2H3. The summed E-state index contributed by atoms with van der Waals surface area (Å²) in [6.45, 7) is 4.70. The molecule has 0 saturated carbocycles. The summed E-state index contributed by atoms with van der Waals surface area (Å²) in [5.74, 6) is 0. The molecule has 0 amide bonds. The number of fused-ring (bicyclic) bond motifs is 1. The topological polar surface area (TPSA) is 69.8 Å². The van der Waals surface area contributed by atoms with Crippen molar-refractivity contribution in [1.29, 1.82) is 10.5 Å². The van der Waals surface area contributed by atoms with Gasteiger partial charge >= 0.3 is 0 Å². The second kappa shape index (κ2) is 6.48. The zero-order valence-corrected chi connectivity index (χ0v) is 15.1. The SMILES string of the molecule is Cc1c(C#N)c(-c2ccc(C#N)cc2)c(C)n1Cc1ccc2nccn2c1. The van der Waals surface area contributed by atoms with Crippen LogP contribution in [-0.2, 0) is 6.54 Å².